The molecule has 0 aromatic heterocycles. The third-order valence-corrected chi connectivity index (χ3v) is 5.80. The number of piperazine rings is 1. The first kappa shape index (κ1) is 25.4. The Labute approximate surface area is 167 Å². The highest BCUT2D eigenvalue weighted by Crippen LogP contribution is 2.38. The summed E-state index contributed by atoms with van der Waals surface area (Å²) in [4.78, 5) is 4.84. The normalized spacial score (nSPS) is 27.2. The van der Waals surface area contributed by atoms with E-state index in [1.165, 1.54) is 12.8 Å². The fraction of sp³-hybridized carbons (Fsp3) is 1.00. The molecular formula is C19H40Cl2N2O2. The second-order valence-corrected chi connectivity index (χ2v) is 8.56. The van der Waals surface area contributed by atoms with Crippen LogP contribution in [0.1, 0.15) is 53.4 Å². The first-order chi connectivity index (χ1) is 10.9. The highest BCUT2D eigenvalue weighted by molar-refractivity contribution is 5.85. The summed E-state index contributed by atoms with van der Waals surface area (Å²) in [6.07, 6.45) is 4.86. The van der Waals surface area contributed by atoms with Crippen molar-refractivity contribution in [3.8, 4) is 0 Å². The zero-order chi connectivity index (χ0) is 16.9. The van der Waals surface area contributed by atoms with Crippen LogP contribution in [-0.4, -0.2) is 73.0 Å². The van der Waals surface area contributed by atoms with Crippen LogP contribution in [0.15, 0.2) is 0 Å². The van der Waals surface area contributed by atoms with E-state index < -0.39 is 0 Å². The smallest absolute Gasteiger partial charge is 0.0900 e. The van der Waals surface area contributed by atoms with Crippen LogP contribution in [-0.2, 0) is 4.74 Å². The Bertz CT molecular complexity index is 337. The molecule has 0 aromatic carbocycles. The van der Waals surface area contributed by atoms with Gasteiger partial charge in [0.2, 0.25) is 0 Å². The predicted octanol–water partition coefficient (Wildman–Crippen LogP) is 3.45. The van der Waals surface area contributed by atoms with Crippen molar-refractivity contribution >= 4 is 24.8 Å². The summed E-state index contributed by atoms with van der Waals surface area (Å²) < 4.78 is 6.00. The molecule has 1 aliphatic carbocycles. The van der Waals surface area contributed by atoms with Gasteiger partial charge in [0, 0.05) is 32.7 Å². The second kappa shape index (κ2) is 12.0. The van der Waals surface area contributed by atoms with Crippen molar-refractivity contribution in [3.05, 3.63) is 0 Å². The number of nitrogens with zero attached hydrogens (tertiary/aromatic N) is 2. The molecule has 2 fully saturated rings. The van der Waals surface area contributed by atoms with Crippen molar-refractivity contribution in [1.82, 2.24) is 9.80 Å². The van der Waals surface area contributed by atoms with Crippen molar-refractivity contribution in [2.45, 2.75) is 65.6 Å². The van der Waals surface area contributed by atoms with Crippen LogP contribution < -0.4 is 0 Å². The molecule has 1 saturated heterocycles. The van der Waals surface area contributed by atoms with Gasteiger partial charge in [-0.2, -0.15) is 0 Å². The molecule has 2 aliphatic rings. The van der Waals surface area contributed by atoms with Gasteiger partial charge in [-0.25, -0.2) is 0 Å². The molecule has 0 radical (unpaired) electrons. The maximum absolute atomic E-state index is 10.3. The van der Waals surface area contributed by atoms with Crippen molar-refractivity contribution < 1.29 is 9.84 Å². The highest BCUT2D eigenvalue weighted by Gasteiger charge is 2.30. The summed E-state index contributed by atoms with van der Waals surface area (Å²) >= 11 is 0. The number of aliphatic hydroxyl groups is 1. The lowest BCUT2D eigenvalue weighted by Gasteiger charge is -2.37. The Morgan fingerprint density at radius 3 is 1.96 bits per heavy atom. The lowest BCUT2D eigenvalue weighted by Crippen LogP contribution is -2.49. The molecule has 0 spiro atoms. The van der Waals surface area contributed by atoms with Gasteiger partial charge in [-0.1, -0.05) is 27.7 Å². The van der Waals surface area contributed by atoms with Gasteiger partial charge < -0.3 is 14.7 Å². The van der Waals surface area contributed by atoms with Gasteiger partial charge in [-0.15, -0.1) is 24.8 Å². The molecule has 25 heavy (non-hydrogen) atoms. The number of rotatable bonds is 6. The third-order valence-electron chi connectivity index (χ3n) is 5.80. The molecule has 1 N–H and O–H groups in total. The average Bonchev–Trinajstić information content (AvgIpc) is 2.53. The van der Waals surface area contributed by atoms with Crippen molar-refractivity contribution in [2.24, 2.45) is 11.3 Å². The van der Waals surface area contributed by atoms with E-state index in [0.29, 0.717) is 18.1 Å². The zero-order valence-corrected chi connectivity index (χ0v) is 18.2. The quantitative estimate of drug-likeness (QED) is 0.742. The molecule has 0 amide bonds. The number of halogens is 2. The molecule has 2 rings (SSSR count). The molecule has 1 aliphatic heterocycles. The van der Waals surface area contributed by atoms with Gasteiger partial charge in [-0.05, 0) is 43.6 Å². The summed E-state index contributed by atoms with van der Waals surface area (Å²) in [6.45, 7) is 16.0. The van der Waals surface area contributed by atoms with Gasteiger partial charge in [0.05, 0.1) is 18.8 Å². The van der Waals surface area contributed by atoms with Gasteiger partial charge in [-0.3, -0.25) is 4.90 Å². The van der Waals surface area contributed by atoms with E-state index >= 15 is 0 Å². The molecule has 152 valence electrons. The standard InChI is InChI=1S/C19H38N2O2.2ClH/c1-5-20-10-12-21(13-11-20)14-17(22)15-23-18-8-6-16(7-9-18)19(2,3)4;;/h16-18,22H,5-15H2,1-4H3;2*1H. The number of β-amino-alcohol motifs (C(OH)–C–C–N with tert-alkyl or cyclic N) is 1. The van der Waals surface area contributed by atoms with Crippen molar-refractivity contribution in [3.63, 3.8) is 0 Å². The van der Waals surface area contributed by atoms with E-state index in [4.69, 9.17) is 4.74 Å². The van der Waals surface area contributed by atoms with Crippen molar-refractivity contribution in [1.29, 1.82) is 0 Å². The largest absolute Gasteiger partial charge is 0.389 e. The first-order valence-corrected chi connectivity index (χ1v) is 9.63. The Morgan fingerprint density at radius 1 is 0.960 bits per heavy atom. The maximum atomic E-state index is 10.3. The minimum absolute atomic E-state index is 0. The third kappa shape index (κ3) is 8.77. The van der Waals surface area contributed by atoms with Crippen molar-refractivity contribution in [2.75, 3.05) is 45.9 Å². The molecule has 4 nitrogen and oxygen atoms in total. The fourth-order valence-corrected chi connectivity index (χ4v) is 3.98. The Kier molecular flexibility index (Phi) is 12.2. The number of hydrogen-bond donors (Lipinski definition) is 1. The van der Waals surface area contributed by atoms with Gasteiger partial charge in [0.1, 0.15) is 0 Å². The highest BCUT2D eigenvalue weighted by atomic mass is 35.5. The van der Waals surface area contributed by atoms with Crippen LogP contribution in [0, 0.1) is 11.3 Å². The maximum Gasteiger partial charge on any atom is 0.0900 e. The number of likely N-dealkylation sites (N-methyl/N-ethyl adjacent to an activating group) is 1. The van der Waals surface area contributed by atoms with E-state index in [2.05, 4.69) is 37.5 Å². The van der Waals surface area contributed by atoms with Gasteiger partial charge in [0.25, 0.3) is 0 Å². The van der Waals surface area contributed by atoms with Crippen LogP contribution in [0.5, 0.6) is 0 Å². The summed E-state index contributed by atoms with van der Waals surface area (Å²) in [7, 11) is 0. The van der Waals surface area contributed by atoms with Crippen LogP contribution >= 0.6 is 24.8 Å². The van der Waals surface area contributed by atoms with Crippen LogP contribution in [0.4, 0.5) is 0 Å². The predicted molar refractivity (Wildman–Crippen MR) is 110 cm³/mol. The number of ether oxygens (including phenoxy) is 1. The average molecular weight is 399 g/mol. The van der Waals surface area contributed by atoms with Crippen LogP contribution in [0.25, 0.3) is 0 Å². The summed E-state index contributed by atoms with van der Waals surface area (Å²) in [6, 6.07) is 0. The summed E-state index contributed by atoms with van der Waals surface area (Å²) in [5.74, 6) is 0.821. The Morgan fingerprint density at radius 2 is 1.48 bits per heavy atom. The summed E-state index contributed by atoms with van der Waals surface area (Å²) in [5.41, 5.74) is 0.422. The van der Waals surface area contributed by atoms with Crippen LogP contribution in [0.2, 0.25) is 0 Å². The first-order valence-electron chi connectivity index (χ1n) is 9.63. The summed E-state index contributed by atoms with van der Waals surface area (Å²) in [5, 5.41) is 10.3. The Hall–Kier alpha value is 0.420. The number of aliphatic hydroxyl groups excluding tert-OH is 1. The van der Waals surface area contributed by atoms with Crippen LogP contribution in [0.3, 0.4) is 0 Å². The Balaban J connectivity index is 0.00000288. The SMILES string of the molecule is CCN1CCN(CC(O)COC2CCC(C(C)(C)C)CC2)CC1.Cl.Cl. The molecule has 1 unspecified atom stereocenters. The van der Waals surface area contributed by atoms with E-state index in [9.17, 15) is 5.11 Å². The minimum Gasteiger partial charge on any atom is -0.389 e. The molecule has 1 saturated carbocycles. The molecule has 0 bridgehead atoms. The van der Waals surface area contributed by atoms with E-state index in [1.54, 1.807) is 0 Å². The lowest BCUT2D eigenvalue weighted by atomic mass is 9.72. The topological polar surface area (TPSA) is 35.9 Å². The molecule has 1 heterocycles. The molecule has 1 atom stereocenters. The van der Waals surface area contributed by atoms with Gasteiger partial charge in [0.15, 0.2) is 0 Å². The molecule has 6 heteroatoms. The van der Waals surface area contributed by atoms with E-state index in [-0.39, 0.29) is 30.9 Å². The monoisotopic (exact) mass is 398 g/mol. The van der Waals surface area contributed by atoms with Gasteiger partial charge >= 0.3 is 0 Å². The molecule has 0 aromatic rings. The van der Waals surface area contributed by atoms with E-state index in [0.717, 1.165) is 58.0 Å². The van der Waals surface area contributed by atoms with E-state index in [1.807, 2.05) is 0 Å². The molecular weight excluding hydrogens is 359 g/mol. The second-order valence-electron chi connectivity index (χ2n) is 8.56. The number of hydrogen-bond acceptors (Lipinski definition) is 4. The zero-order valence-electron chi connectivity index (χ0n) is 16.6. The fourth-order valence-electron chi connectivity index (χ4n) is 3.98. The minimum atomic E-state index is -0.344. The lowest BCUT2D eigenvalue weighted by molar-refractivity contribution is -0.0470.